The average Bonchev–Trinajstić information content (AvgIpc) is 2.69. The number of carbonyl (C=O) groups excluding carboxylic acids is 1. The van der Waals surface area contributed by atoms with Gasteiger partial charge in [0, 0.05) is 24.2 Å². The van der Waals surface area contributed by atoms with Crippen molar-refractivity contribution in [3.8, 4) is 0 Å². The van der Waals surface area contributed by atoms with Crippen molar-refractivity contribution in [2.24, 2.45) is 7.05 Å². The fraction of sp³-hybridized carbons (Fsp3) is 0.400. The third-order valence-corrected chi connectivity index (χ3v) is 3.50. The molecule has 1 heterocycles. The van der Waals surface area contributed by atoms with Crippen molar-refractivity contribution in [1.29, 1.82) is 0 Å². The lowest BCUT2D eigenvalue weighted by atomic mass is 10.0. The zero-order valence-corrected chi connectivity index (χ0v) is 11.5. The topological polar surface area (TPSA) is 34.0 Å². The quantitative estimate of drug-likeness (QED) is 0.839. The molecule has 0 fully saturated rings. The number of nitrogens with zero attached hydrogens (tertiary/aromatic N) is 1. The Hall–Kier alpha value is -1.61. The number of likely N-dealkylation sites (N-methyl/N-ethyl adjacent to an activating group) is 1. The van der Waals surface area contributed by atoms with Crippen molar-refractivity contribution in [2.45, 2.75) is 20.8 Å². The highest BCUT2D eigenvalue weighted by Gasteiger charge is 2.15. The molecule has 1 N–H and O–H groups in total. The monoisotopic (exact) mass is 244 g/mol. The van der Waals surface area contributed by atoms with Crippen LogP contribution < -0.4 is 5.32 Å². The third-order valence-electron chi connectivity index (χ3n) is 3.50. The fourth-order valence-electron chi connectivity index (χ4n) is 2.36. The fourth-order valence-corrected chi connectivity index (χ4v) is 2.36. The molecule has 0 aliphatic heterocycles. The van der Waals surface area contributed by atoms with Crippen molar-refractivity contribution in [3.63, 3.8) is 0 Å². The molecule has 0 saturated heterocycles. The lowest BCUT2D eigenvalue weighted by molar-refractivity contribution is 0.0993. The van der Waals surface area contributed by atoms with E-state index >= 15 is 0 Å². The zero-order chi connectivity index (χ0) is 13.3. The van der Waals surface area contributed by atoms with E-state index < -0.39 is 0 Å². The number of ketones is 1. The second kappa shape index (κ2) is 4.94. The summed E-state index contributed by atoms with van der Waals surface area (Å²) >= 11 is 0. The predicted octanol–water partition coefficient (Wildman–Crippen LogP) is 2.59. The van der Waals surface area contributed by atoms with Crippen molar-refractivity contribution < 1.29 is 4.79 Å². The van der Waals surface area contributed by atoms with Gasteiger partial charge in [0.05, 0.1) is 12.1 Å². The Balaban J connectivity index is 2.54. The lowest BCUT2D eigenvalue weighted by Crippen LogP contribution is -2.22. The SMILES string of the molecule is CCNCC(=O)c1cn(C)c2c(C)c(C)ccc12. The van der Waals surface area contributed by atoms with E-state index in [0.29, 0.717) is 6.54 Å². The Bertz CT molecular complexity index is 596. The van der Waals surface area contributed by atoms with Gasteiger partial charge < -0.3 is 9.88 Å². The number of hydrogen-bond donors (Lipinski definition) is 1. The van der Waals surface area contributed by atoms with E-state index in [9.17, 15) is 4.79 Å². The molecular weight excluding hydrogens is 224 g/mol. The Morgan fingerprint density at radius 2 is 2.06 bits per heavy atom. The number of rotatable bonds is 4. The molecule has 0 unspecified atom stereocenters. The molecule has 0 aliphatic rings. The van der Waals surface area contributed by atoms with Crippen LogP contribution in [0.2, 0.25) is 0 Å². The molecule has 3 nitrogen and oxygen atoms in total. The molecule has 0 radical (unpaired) electrons. The van der Waals surface area contributed by atoms with Gasteiger partial charge >= 0.3 is 0 Å². The van der Waals surface area contributed by atoms with Crippen LogP contribution in [0.1, 0.15) is 28.4 Å². The number of aryl methyl sites for hydroxylation is 3. The molecule has 1 aromatic carbocycles. The first-order chi connectivity index (χ1) is 8.56. The molecule has 3 heteroatoms. The summed E-state index contributed by atoms with van der Waals surface area (Å²) in [5, 5.41) is 4.15. The van der Waals surface area contributed by atoms with Gasteiger partial charge in [-0.15, -0.1) is 0 Å². The summed E-state index contributed by atoms with van der Waals surface area (Å²) in [7, 11) is 2.00. The molecule has 0 atom stereocenters. The summed E-state index contributed by atoms with van der Waals surface area (Å²) in [5.74, 6) is 0.158. The van der Waals surface area contributed by atoms with Gasteiger partial charge in [0.2, 0.25) is 0 Å². The minimum Gasteiger partial charge on any atom is -0.350 e. The van der Waals surface area contributed by atoms with E-state index in [1.54, 1.807) is 0 Å². The summed E-state index contributed by atoms with van der Waals surface area (Å²) in [4.78, 5) is 12.2. The van der Waals surface area contributed by atoms with Crippen molar-refractivity contribution in [2.75, 3.05) is 13.1 Å². The largest absolute Gasteiger partial charge is 0.350 e. The number of fused-ring (bicyclic) bond motifs is 1. The van der Waals surface area contributed by atoms with Gasteiger partial charge in [-0.2, -0.15) is 0 Å². The highest BCUT2D eigenvalue weighted by molar-refractivity contribution is 6.09. The van der Waals surface area contributed by atoms with Crippen molar-refractivity contribution in [1.82, 2.24) is 9.88 Å². The zero-order valence-electron chi connectivity index (χ0n) is 11.5. The van der Waals surface area contributed by atoms with Gasteiger partial charge in [-0.1, -0.05) is 19.1 Å². The number of Topliss-reactive ketones (excluding diaryl/α,β-unsaturated/α-hetero) is 1. The molecule has 18 heavy (non-hydrogen) atoms. The van der Waals surface area contributed by atoms with Crippen LogP contribution in [0.15, 0.2) is 18.3 Å². The lowest BCUT2D eigenvalue weighted by Gasteiger charge is -2.05. The van der Waals surface area contributed by atoms with Crippen LogP contribution in [0.4, 0.5) is 0 Å². The van der Waals surface area contributed by atoms with E-state index in [0.717, 1.165) is 23.0 Å². The first-order valence-corrected chi connectivity index (χ1v) is 6.35. The summed E-state index contributed by atoms with van der Waals surface area (Å²) in [5.41, 5.74) is 4.48. The molecule has 2 rings (SSSR count). The minimum atomic E-state index is 0.158. The number of nitrogens with one attached hydrogen (secondary N) is 1. The van der Waals surface area contributed by atoms with Gasteiger partial charge in [-0.05, 0) is 31.5 Å². The first kappa shape index (κ1) is 12.8. The molecule has 0 bridgehead atoms. The second-order valence-corrected chi connectivity index (χ2v) is 4.76. The Kier molecular flexibility index (Phi) is 3.53. The summed E-state index contributed by atoms with van der Waals surface area (Å²) < 4.78 is 2.05. The second-order valence-electron chi connectivity index (χ2n) is 4.76. The predicted molar refractivity (Wildman–Crippen MR) is 75.3 cm³/mol. The van der Waals surface area contributed by atoms with E-state index in [1.165, 1.54) is 11.1 Å². The van der Waals surface area contributed by atoms with Crippen LogP contribution in [-0.2, 0) is 7.05 Å². The highest BCUT2D eigenvalue weighted by atomic mass is 16.1. The maximum atomic E-state index is 12.2. The van der Waals surface area contributed by atoms with Gasteiger partial charge in [0.25, 0.3) is 0 Å². The molecule has 0 spiro atoms. The molecule has 96 valence electrons. The highest BCUT2D eigenvalue weighted by Crippen LogP contribution is 2.26. The van der Waals surface area contributed by atoms with E-state index in [-0.39, 0.29) is 5.78 Å². The van der Waals surface area contributed by atoms with Crippen LogP contribution in [0.3, 0.4) is 0 Å². The Morgan fingerprint density at radius 1 is 1.33 bits per heavy atom. The first-order valence-electron chi connectivity index (χ1n) is 6.35. The van der Waals surface area contributed by atoms with Gasteiger partial charge in [0.1, 0.15) is 0 Å². The molecule has 1 aromatic heterocycles. The van der Waals surface area contributed by atoms with E-state index in [4.69, 9.17) is 0 Å². The number of aromatic nitrogens is 1. The Morgan fingerprint density at radius 3 is 2.72 bits per heavy atom. The van der Waals surface area contributed by atoms with E-state index in [1.807, 2.05) is 20.2 Å². The van der Waals surface area contributed by atoms with Crippen LogP contribution in [0, 0.1) is 13.8 Å². The molecule has 0 amide bonds. The van der Waals surface area contributed by atoms with Gasteiger partial charge in [-0.25, -0.2) is 0 Å². The van der Waals surface area contributed by atoms with Crippen LogP contribution in [0.25, 0.3) is 10.9 Å². The number of carbonyl (C=O) groups is 1. The standard InChI is InChI=1S/C15H20N2O/c1-5-16-8-14(18)13-9-17(4)15-11(3)10(2)6-7-12(13)15/h6-7,9,16H,5,8H2,1-4H3. The van der Waals surface area contributed by atoms with Crippen LogP contribution in [0.5, 0.6) is 0 Å². The van der Waals surface area contributed by atoms with Gasteiger partial charge in [0.15, 0.2) is 5.78 Å². The molecular formula is C15H20N2O. The maximum absolute atomic E-state index is 12.2. The van der Waals surface area contributed by atoms with Crippen LogP contribution in [-0.4, -0.2) is 23.4 Å². The molecule has 2 aromatic rings. The Labute approximate surface area is 108 Å². The van der Waals surface area contributed by atoms with Crippen molar-refractivity contribution in [3.05, 3.63) is 35.0 Å². The normalized spacial score (nSPS) is 11.1. The minimum absolute atomic E-state index is 0.158. The smallest absolute Gasteiger partial charge is 0.178 e. The van der Waals surface area contributed by atoms with E-state index in [2.05, 4.69) is 35.9 Å². The molecule has 0 aliphatic carbocycles. The number of benzene rings is 1. The number of hydrogen-bond acceptors (Lipinski definition) is 2. The van der Waals surface area contributed by atoms with Crippen molar-refractivity contribution >= 4 is 16.7 Å². The molecule has 0 saturated carbocycles. The maximum Gasteiger partial charge on any atom is 0.178 e. The summed E-state index contributed by atoms with van der Waals surface area (Å²) in [6.45, 7) is 7.43. The average molecular weight is 244 g/mol. The van der Waals surface area contributed by atoms with Gasteiger partial charge in [-0.3, -0.25) is 4.79 Å². The van der Waals surface area contributed by atoms with Crippen LogP contribution >= 0.6 is 0 Å². The summed E-state index contributed by atoms with van der Waals surface area (Å²) in [6.07, 6.45) is 1.94. The third kappa shape index (κ3) is 2.06. The summed E-state index contributed by atoms with van der Waals surface area (Å²) in [6, 6.07) is 4.14.